The van der Waals surface area contributed by atoms with Crippen LogP contribution < -0.4 is 46.6 Å². The van der Waals surface area contributed by atoms with E-state index in [1.807, 2.05) is 4.72 Å². The fraction of sp³-hybridized carbons (Fsp3) is 0.455. The smallest absolute Gasteiger partial charge is 0.744 e. The van der Waals surface area contributed by atoms with Gasteiger partial charge in [0, 0.05) is 6.26 Å². The van der Waals surface area contributed by atoms with Gasteiger partial charge >= 0.3 is 37.7 Å². The van der Waals surface area contributed by atoms with Crippen LogP contribution in [0.3, 0.4) is 0 Å². The second-order valence-electron chi connectivity index (χ2n) is 5.28. The molecule has 28 heavy (non-hydrogen) atoms. The van der Waals surface area contributed by atoms with Crippen molar-refractivity contribution < 1.29 is 80.5 Å². The molecule has 1 rings (SSSR count). The van der Waals surface area contributed by atoms with E-state index in [2.05, 4.69) is 4.18 Å². The molecule has 2 unspecified atom stereocenters. The Kier molecular flexibility index (Phi) is 12.2. The van der Waals surface area contributed by atoms with Crippen molar-refractivity contribution >= 4 is 47.0 Å². The van der Waals surface area contributed by atoms with E-state index >= 15 is 0 Å². The number of anilines is 1. The summed E-state index contributed by atoms with van der Waals surface area (Å²) >= 11 is -3.10. The average Bonchev–Trinajstić information content (AvgIpc) is 2.43. The third kappa shape index (κ3) is 10.1. The maximum absolute atomic E-state index is 12.3. The van der Waals surface area contributed by atoms with Crippen LogP contribution in [0, 0.1) is 0 Å². The van der Waals surface area contributed by atoms with E-state index in [4.69, 9.17) is 0 Å². The Morgan fingerprint density at radius 2 is 1.68 bits per heavy atom. The molecule has 11 nitrogen and oxygen atoms in total. The maximum atomic E-state index is 12.3. The quantitative estimate of drug-likeness (QED) is 0.209. The van der Waals surface area contributed by atoms with E-state index in [0.29, 0.717) is 6.07 Å². The van der Waals surface area contributed by atoms with Gasteiger partial charge in [-0.1, -0.05) is 0 Å². The normalized spacial score (nSPS) is 14.1. The summed E-state index contributed by atoms with van der Waals surface area (Å²) in [6.45, 7) is 1.20. The van der Waals surface area contributed by atoms with E-state index in [1.54, 1.807) is 0 Å². The van der Waals surface area contributed by atoms with Crippen LogP contribution in [0.2, 0.25) is 0 Å². The SMILES string of the molecule is CC(CCS(C)(=O)=O)S(=O)(=O)Nc1cc(S(=O)(=O)[O-])ccc1OS(=O)[O-].[Li+].[Li+]. The third-order valence-corrected chi connectivity index (χ3v) is 7.00. The predicted molar refractivity (Wildman–Crippen MR) is 90.3 cm³/mol. The molecular weight excluding hydrogens is 448 g/mol. The summed E-state index contributed by atoms with van der Waals surface area (Å²) < 4.78 is 108. The van der Waals surface area contributed by atoms with Gasteiger partial charge in [0.1, 0.15) is 31.3 Å². The van der Waals surface area contributed by atoms with Crippen molar-refractivity contribution in [2.24, 2.45) is 0 Å². The van der Waals surface area contributed by atoms with Gasteiger partial charge in [-0.25, -0.2) is 29.5 Å². The fourth-order valence-corrected chi connectivity index (χ4v) is 4.49. The van der Waals surface area contributed by atoms with E-state index in [1.165, 1.54) is 6.92 Å². The molecule has 0 bridgehead atoms. The molecule has 0 aromatic heterocycles. The van der Waals surface area contributed by atoms with Gasteiger partial charge < -0.3 is 13.3 Å². The molecule has 0 amide bonds. The van der Waals surface area contributed by atoms with E-state index in [9.17, 15) is 38.6 Å². The molecule has 17 heteroatoms. The number of nitrogens with one attached hydrogen (secondary N) is 1. The second-order valence-corrected chi connectivity index (χ2v) is 11.6. The summed E-state index contributed by atoms with van der Waals surface area (Å²) in [4.78, 5) is -0.817. The summed E-state index contributed by atoms with van der Waals surface area (Å²) in [5.74, 6) is -0.984. The second kappa shape index (κ2) is 11.4. The zero-order chi connectivity index (χ0) is 20.3. The Labute approximate surface area is 190 Å². The van der Waals surface area contributed by atoms with Crippen LogP contribution in [-0.4, -0.2) is 55.8 Å². The molecule has 0 aliphatic heterocycles. The fourth-order valence-electron chi connectivity index (χ4n) is 1.68. The standard InChI is InChI=1S/C11H17NO10S4.2Li/c1-8(5-6-24(2,15)16)25(17,18)12-10-7-9(26(19,20)21)3-4-11(10)22-23(13)14;;/h3-4,7-8,12H,5-6H2,1-2H3,(H,13,14)(H,19,20,21);;/q;2*+1/p-2. The van der Waals surface area contributed by atoms with Gasteiger partial charge in [0.05, 0.1) is 21.6 Å². The Bertz CT molecular complexity index is 1010. The molecule has 150 valence electrons. The predicted octanol–water partition coefficient (Wildman–Crippen LogP) is -6.66. The van der Waals surface area contributed by atoms with E-state index < -0.39 is 68.7 Å². The van der Waals surface area contributed by atoms with Crippen molar-refractivity contribution in [3.8, 4) is 5.75 Å². The number of sulfone groups is 1. The largest absolute Gasteiger partial charge is 1.00 e. The zero-order valence-corrected chi connectivity index (χ0v) is 18.7. The summed E-state index contributed by atoms with van der Waals surface area (Å²) in [5, 5.41) is -1.23. The number of sulfonamides is 1. The van der Waals surface area contributed by atoms with Crippen LogP contribution in [0.5, 0.6) is 5.75 Å². The molecule has 1 N–H and O–H groups in total. The first-order valence-corrected chi connectivity index (χ1v) is 12.7. The molecule has 1 aromatic carbocycles. The molecule has 0 radical (unpaired) electrons. The molecular formula is C11H15Li2NO10S4. The number of hydrogen-bond acceptors (Lipinski definition) is 10. The maximum Gasteiger partial charge on any atom is 1.00 e. The van der Waals surface area contributed by atoms with Gasteiger partial charge in [-0.3, -0.25) is 4.72 Å². The van der Waals surface area contributed by atoms with Gasteiger partial charge in [-0.2, -0.15) is 0 Å². The average molecular weight is 463 g/mol. The molecule has 2 atom stereocenters. The monoisotopic (exact) mass is 463 g/mol. The number of rotatable bonds is 9. The summed E-state index contributed by atoms with van der Waals surface area (Å²) in [7, 11) is -12.6. The van der Waals surface area contributed by atoms with Gasteiger partial charge in [0.25, 0.3) is 0 Å². The van der Waals surface area contributed by atoms with Crippen LogP contribution in [0.15, 0.2) is 23.1 Å². The Morgan fingerprint density at radius 1 is 1.14 bits per heavy atom. The zero-order valence-electron chi connectivity index (χ0n) is 15.4. The van der Waals surface area contributed by atoms with Crippen LogP contribution in [-0.2, 0) is 41.3 Å². The van der Waals surface area contributed by atoms with Gasteiger partial charge in [0.2, 0.25) is 10.0 Å². The van der Waals surface area contributed by atoms with Gasteiger partial charge in [-0.05, 0) is 31.5 Å². The summed E-state index contributed by atoms with van der Waals surface area (Å²) in [6.07, 6.45) is 0.662. The van der Waals surface area contributed by atoms with Crippen molar-refractivity contribution in [1.82, 2.24) is 0 Å². The first-order valence-electron chi connectivity index (χ1n) is 6.69. The topological polar surface area (TPSA) is 187 Å². The molecule has 0 aliphatic rings. The molecule has 0 spiro atoms. The molecule has 0 aliphatic carbocycles. The third-order valence-electron chi connectivity index (χ3n) is 3.07. The summed E-state index contributed by atoms with van der Waals surface area (Å²) in [5.41, 5.74) is -0.600. The minimum Gasteiger partial charge on any atom is -0.744 e. The van der Waals surface area contributed by atoms with Crippen LogP contribution in [0.1, 0.15) is 13.3 Å². The molecule has 1 aromatic rings. The Hall–Kier alpha value is -0.0652. The van der Waals surface area contributed by atoms with Crippen molar-refractivity contribution in [1.29, 1.82) is 0 Å². The molecule has 0 fully saturated rings. The van der Waals surface area contributed by atoms with E-state index in [-0.39, 0.29) is 44.1 Å². The van der Waals surface area contributed by atoms with Gasteiger partial charge in [-0.15, -0.1) is 0 Å². The first kappa shape index (κ1) is 30.1. The minimum atomic E-state index is -4.95. The molecule has 0 saturated heterocycles. The Balaban J connectivity index is 0. The molecule has 0 heterocycles. The van der Waals surface area contributed by atoms with E-state index in [0.717, 1.165) is 18.4 Å². The van der Waals surface area contributed by atoms with Crippen LogP contribution >= 0.6 is 0 Å². The first-order chi connectivity index (χ1) is 11.6. The Morgan fingerprint density at radius 3 is 2.11 bits per heavy atom. The van der Waals surface area contributed by atoms with Crippen molar-refractivity contribution in [2.75, 3.05) is 16.7 Å². The minimum absolute atomic E-state index is 0. The van der Waals surface area contributed by atoms with Crippen LogP contribution in [0.25, 0.3) is 0 Å². The van der Waals surface area contributed by atoms with Crippen molar-refractivity contribution in [3.63, 3.8) is 0 Å². The van der Waals surface area contributed by atoms with Crippen molar-refractivity contribution in [3.05, 3.63) is 18.2 Å². The van der Waals surface area contributed by atoms with Crippen molar-refractivity contribution in [2.45, 2.75) is 23.5 Å². The number of hydrogen-bond donors (Lipinski definition) is 1. The van der Waals surface area contributed by atoms with Gasteiger partial charge in [0.15, 0.2) is 5.75 Å². The van der Waals surface area contributed by atoms with Crippen LogP contribution in [0.4, 0.5) is 5.69 Å². The summed E-state index contributed by atoms with van der Waals surface area (Å²) in [6, 6.07) is 2.14. The number of benzene rings is 1. The molecule has 0 saturated carbocycles.